The SMILES string of the molecule is Cc1nn(Cc2ccc(F)cc2)c2sc(C(=O)N3CCCC3c3ccccn3)cc12. The Labute approximate surface area is 177 Å². The molecule has 1 saturated heterocycles. The van der Waals surface area contributed by atoms with Crippen LogP contribution in [0, 0.1) is 12.7 Å². The van der Waals surface area contributed by atoms with Gasteiger partial charge in [0.15, 0.2) is 0 Å². The summed E-state index contributed by atoms with van der Waals surface area (Å²) in [6, 6.07) is 14.3. The first-order chi connectivity index (χ1) is 14.6. The van der Waals surface area contributed by atoms with Crippen LogP contribution in [0.5, 0.6) is 0 Å². The lowest BCUT2D eigenvalue weighted by Gasteiger charge is -2.23. The minimum atomic E-state index is -0.252. The average molecular weight is 421 g/mol. The highest BCUT2D eigenvalue weighted by molar-refractivity contribution is 7.20. The summed E-state index contributed by atoms with van der Waals surface area (Å²) in [7, 11) is 0. The number of pyridine rings is 1. The predicted molar refractivity (Wildman–Crippen MR) is 115 cm³/mol. The molecule has 0 N–H and O–H groups in total. The van der Waals surface area contributed by atoms with E-state index in [4.69, 9.17) is 0 Å². The lowest BCUT2D eigenvalue weighted by atomic mass is 10.1. The number of halogens is 1. The van der Waals surface area contributed by atoms with Crippen molar-refractivity contribution in [3.8, 4) is 0 Å². The molecule has 0 aliphatic carbocycles. The summed E-state index contributed by atoms with van der Waals surface area (Å²) in [5.74, 6) is -0.199. The molecule has 7 heteroatoms. The smallest absolute Gasteiger partial charge is 0.264 e. The summed E-state index contributed by atoms with van der Waals surface area (Å²) in [6.45, 7) is 3.24. The van der Waals surface area contributed by atoms with E-state index in [0.717, 1.165) is 51.4 Å². The van der Waals surface area contributed by atoms with Gasteiger partial charge in [-0.25, -0.2) is 4.39 Å². The molecule has 1 fully saturated rings. The van der Waals surface area contributed by atoms with Crippen LogP contribution < -0.4 is 0 Å². The van der Waals surface area contributed by atoms with E-state index < -0.39 is 0 Å². The van der Waals surface area contributed by atoms with Gasteiger partial charge in [0.05, 0.1) is 28.9 Å². The van der Waals surface area contributed by atoms with Crippen LogP contribution in [0.15, 0.2) is 54.7 Å². The molecule has 1 unspecified atom stereocenters. The van der Waals surface area contributed by atoms with Gasteiger partial charge in [0.25, 0.3) is 5.91 Å². The first kappa shape index (κ1) is 18.9. The summed E-state index contributed by atoms with van der Waals surface area (Å²) in [5.41, 5.74) is 2.81. The van der Waals surface area contributed by atoms with Crippen molar-refractivity contribution in [2.75, 3.05) is 6.54 Å². The van der Waals surface area contributed by atoms with Gasteiger partial charge in [-0.3, -0.25) is 14.5 Å². The summed E-state index contributed by atoms with van der Waals surface area (Å²) in [4.78, 5) is 21.5. The van der Waals surface area contributed by atoms with E-state index in [2.05, 4.69) is 10.1 Å². The second kappa shape index (κ2) is 7.65. The molecule has 30 heavy (non-hydrogen) atoms. The number of fused-ring (bicyclic) bond motifs is 1. The molecule has 0 spiro atoms. The van der Waals surface area contributed by atoms with Gasteiger partial charge in [-0.15, -0.1) is 11.3 Å². The molecular weight excluding hydrogens is 399 g/mol. The Morgan fingerprint density at radius 3 is 2.83 bits per heavy atom. The highest BCUT2D eigenvalue weighted by Crippen LogP contribution is 2.35. The van der Waals surface area contributed by atoms with Crippen molar-refractivity contribution in [3.05, 3.63) is 82.4 Å². The van der Waals surface area contributed by atoms with Crippen LogP contribution in [0.3, 0.4) is 0 Å². The van der Waals surface area contributed by atoms with E-state index in [9.17, 15) is 9.18 Å². The van der Waals surface area contributed by atoms with Crippen LogP contribution in [0.4, 0.5) is 4.39 Å². The van der Waals surface area contributed by atoms with Gasteiger partial charge in [-0.1, -0.05) is 18.2 Å². The Morgan fingerprint density at radius 1 is 1.23 bits per heavy atom. The Bertz CT molecular complexity index is 1200. The molecule has 1 aliphatic heterocycles. The third-order valence-corrected chi connectivity index (χ3v) is 6.74. The number of aryl methyl sites for hydroxylation is 1. The Kier molecular flexibility index (Phi) is 4.83. The van der Waals surface area contributed by atoms with E-state index in [1.54, 1.807) is 18.3 Å². The number of thiophene rings is 1. The Balaban J connectivity index is 1.45. The number of aromatic nitrogens is 3. The van der Waals surface area contributed by atoms with Crippen LogP contribution in [-0.2, 0) is 6.54 Å². The number of rotatable bonds is 4. The summed E-state index contributed by atoms with van der Waals surface area (Å²) in [6.07, 6.45) is 3.70. The van der Waals surface area contributed by atoms with Crippen LogP contribution >= 0.6 is 11.3 Å². The van der Waals surface area contributed by atoms with Gasteiger partial charge < -0.3 is 4.90 Å². The topological polar surface area (TPSA) is 51.0 Å². The molecule has 5 nitrogen and oxygen atoms in total. The molecule has 0 radical (unpaired) electrons. The highest BCUT2D eigenvalue weighted by atomic mass is 32.1. The molecule has 3 aromatic heterocycles. The molecule has 4 aromatic rings. The van der Waals surface area contributed by atoms with Crippen LogP contribution in [0.25, 0.3) is 10.2 Å². The number of likely N-dealkylation sites (tertiary alicyclic amines) is 1. The van der Waals surface area contributed by atoms with E-state index in [-0.39, 0.29) is 17.8 Å². The number of hydrogen-bond donors (Lipinski definition) is 0. The average Bonchev–Trinajstić information content (AvgIpc) is 3.48. The second-order valence-electron chi connectivity index (χ2n) is 7.61. The van der Waals surface area contributed by atoms with Crippen LogP contribution in [-0.4, -0.2) is 32.1 Å². The van der Waals surface area contributed by atoms with Crippen molar-refractivity contribution in [2.45, 2.75) is 32.4 Å². The first-order valence-corrected chi connectivity index (χ1v) is 10.8. The molecule has 1 aliphatic rings. The van der Waals surface area contributed by atoms with Gasteiger partial charge >= 0.3 is 0 Å². The number of benzene rings is 1. The maximum Gasteiger partial charge on any atom is 0.264 e. The van der Waals surface area contributed by atoms with Crippen LogP contribution in [0.2, 0.25) is 0 Å². The molecule has 4 heterocycles. The molecule has 152 valence electrons. The van der Waals surface area contributed by atoms with Crippen LogP contribution in [0.1, 0.15) is 45.5 Å². The Hall–Kier alpha value is -3.06. The van der Waals surface area contributed by atoms with Crippen molar-refractivity contribution < 1.29 is 9.18 Å². The highest BCUT2D eigenvalue weighted by Gasteiger charge is 2.32. The van der Waals surface area contributed by atoms with Crippen molar-refractivity contribution in [2.24, 2.45) is 0 Å². The van der Waals surface area contributed by atoms with E-state index in [1.165, 1.54) is 23.5 Å². The molecular formula is C23H21FN4OS. The largest absolute Gasteiger partial charge is 0.329 e. The van der Waals surface area contributed by atoms with Crippen molar-refractivity contribution in [3.63, 3.8) is 0 Å². The quantitative estimate of drug-likeness (QED) is 0.469. The normalized spacial score (nSPS) is 16.5. The monoisotopic (exact) mass is 420 g/mol. The lowest BCUT2D eigenvalue weighted by molar-refractivity contribution is 0.0738. The second-order valence-corrected chi connectivity index (χ2v) is 8.64. The summed E-state index contributed by atoms with van der Waals surface area (Å²) >= 11 is 1.47. The minimum absolute atomic E-state index is 0.0284. The van der Waals surface area contributed by atoms with Gasteiger partial charge in [0, 0.05) is 18.1 Å². The third-order valence-electron chi connectivity index (χ3n) is 5.61. The van der Waals surface area contributed by atoms with E-state index in [1.807, 2.05) is 40.8 Å². The van der Waals surface area contributed by atoms with Gasteiger partial charge in [0.1, 0.15) is 10.6 Å². The van der Waals surface area contributed by atoms with Gasteiger partial charge in [-0.2, -0.15) is 5.10 Å². The van der Waals surface area contributed by atoms with E-state index in [0.29, 0.717) is 6.54 Å². The molecule has 0 bridgehead atoms. The zero-order valence-corrected chi connectivity index (χ0v) is 17.4. The summed E-state index contributed by atoms with van der Waals surface area (Å²) in [5, 5.41) is 5.63. The van der Waals surface area contributed by atoms with E-state index >= 15 is 0 Å². The van der Waals surface area contributed by atoms with Crippen molar-refractivity contribution in [1.82, 2.24) is 19.7 Å². The maximum absolute atomic E-state index is 13.4. The molecule has 0 saturated carbocycles. The molecule has 1 amide bonds. The molecule has 5 rings (SSSR count). The standard InChI is InChI=1S/C23H21FN4OS/c1-15-18-13-21(22(29)27-12-4-6-20(27)19-5-2-3-11-25-19)30-23(18)28(26-15)14-16-7-9-17(24)10-8-16/h2-3,5,7-11,13,20H,4,6,12,14H2,1H3. The fraction of sp³-hybridized carbons (Fsp3) is 0.261. The number of carbonyl (C=O) groups excluding carboxylic acids is 1. The third kappa shape index (κ3) is 3.39. The first-order valence-electron chi connectivity index (χ1n) is 10.0. The molecule has 1 atom stereocenters. The Morgan fingerprint density at radius 2 is 2.07 bits per heavy atom. The lowest BCUT2D eigenvalue weighted by Crippen LogP contribution is -2.30. The number of carbonyl (C=O) groups is 1. The zero-order valence-electron chi connectivity index (χ0n) is 16.6. The molecule has 1 aromatic carbocycles. The minimum Gasteiger partial charge on any atom is -0.329 e. The fourth-order valence-corrected chi connectivity index (χ4v) is 5.24. The number of hydrogen-bond acceptors (Lipinski definition) is 4. The predicted octanol–water partition coefficient (Wildman–Crippen LogP) is 4.97. The maximum atomic E-state index is 13.4. The number of nitrogens with zero attached hydrogens (tertiary/aromatic N) is 4. The van der Waals surface area contributed by atoms with Gasteiger partial charge in [-0.05, 0) is 55.7 Å². The van der Waals surface area contributed by atoms with Crippen molar-refractivity contribution in [1.29, 1.82) is 0 Å². The number of amides is 1. The summed E-state index contributed by atoms with van der Waals surface area (Å²) < 4.78 is 15.1. The van der Waals surface area contributed by atoms with Gasteiger partial charge in [0.2, 0.25) is 0 Å². The van der Waals surface area contributed by atoms with Crippen molar-refractivity contribution >= 4 is 27.5 Å². The zero-order chi connectivity index (χ0) is 20.7. The fourth-order valence-electron chi connectivity index (χ4n) is 4.12.